The Labute approximate surface area is 106 Å². The van der Waals surface area contributed by atoms with Crippen LogP contribution in [0.15, 0.2) is 42.5 Å². The zero-order chi connectivity index (χ0) is 14.0. The van der Waals surface area contributed by atoms with Crippen molar-refractivity contribution in [1.82, 2.24) is 0 Å². The molecular formula is C14H7F4N. The molecule has 0 bridgehead atoms. The van der Waals surface area contributed by atoms with Gasteiger partial charge in [0, 0.05) is 5.56 Å². The lowest BCUT2D eigenvalue weighted by Crippen LogP contribution is -2.08. The summed E-state index contributed by atoms with van der Waals surface area (Å²) in [7, 11) is 0. The summed E-state index contributed by atoms with van der Waals surface area (Å²) in [6.45, 7) is 0. The van der Waals surface area contributed by atoms with Gasteiger partial charge in [0.2, 0.25) is 0 Å². The summed E-state index contributed by atoms with van der Waals surface area (Å²) < 4.78 is 52.3. The minimum atomic E-state index is -4.65. The average Bonchev–Trinajstić information content (AvgIpc) is 2.37. The van der Waals surface area contributed by atoms with E-state index >= 15 is 0 Å². The number of nitriles is 1. The molecule has 1 nitrogen and oxygen atoms in total. The van der Waals surface area contributed by atoms with Gasteiger partial charge in [-0.2, -0.15) is 18.4 Å². The molecule has 2 aromatic rings. The van der Waals surface area contributed by atoms with Crippen LogP contribution in [0.3, 0.4) is 0 Å². The van der Waals surface area contributed by atoms with E-state index in [1.807, 2.05) is 6.07 Å². The molecule has 0 N–H and O–H groups in total. The van der Waals surface area contributed by atoms with Crippen molar-refractivity contribution in [1.29, 1.82) is 5.26 Å². The highest BCUT2D eigenvalue weighted by Crippen LogP contribution is 2.38. The van der Waals surface area contributed by atoms with Gasteiger partial charge in [-0.05, 0) is 29.8 Å². The smallest absolute Gasteiger partial charge is 0.206 e. The number of hydrogen-bond acceptors (Lipinski definition) is 1. The molecule has 0 saturated heterocycles. The van der Waals surface area contributed by atoms with E-state index in [0.717, 1.165) is 18.2 Å². The molecule has 0 amide bonds. The average molecular weight is 265 g/mol. The number of rotatable bonds is 1. The predicted octanol–water partition coefficient (Wildman–Crippen LogP) is 4.38. The Morgan fingerprint density at radius 2 is 1.68 bits per heavy atom. The van der Waals surface area contributed by atoms with Gasteiger partial charge in [0.1, 0.15) is 5.82 Å². The van der Waals surface area contributed by atoms with Gasteiger partial charge in [-0.3, -0.25) is 0 Å². The second-order valence-electron chi connectivity index (χ2n) is 3.85. The van der Waals surface area contributed by atoms with E-state index in [0.29, 0.717) is 0 Å². The minimum absolute atomic E-state index is 0.0319. The summed E-state index contributed by atoms with van der Waals surface area (Å²) >= 11 is 0. The van der Waals surface area contributed by atoms with Crippen molar-refractivity contribution >= 4 is 0 Å². The zero-order valence-corrected chi connectivity index (χ0v) is 9.50. The first kappa shape index (κ1) is 13.1. The molecule has 0 atom stereocenters. The maximum Gasteiger partial charge on any atom is 0.417 e. The predicted molar refractivity (Wildman–Crippen MR) is 61.6 cm³/mol. The van der Waals surface area contributed by atoms with Crippen molar-refractivity contribution in [2.75, 3.05) is 0 Å². The summed E-state index contributed by atoms with van der Waals surface area (Å²) in [4.78, 5) is 0. The SMILES string of the molecule is N#Cc1cccc(-c2c(F)cccc2C(F)(F)F)c1. The molecule has 5 heteroatoms. The fourth-order valence-electron chi connectivity index (χ4n) is 1.80. The van der Waals surface area contributed by atoms with Crippen LogP contribution in [-0.4, -0.2) is 0 Å². The van der Waals surface area contributed by atoms with Gasteiger partial charge in [-0.1, -0.05) is 18.2 Å². The highest BCUT2D eigenvalue weighted by Gasteiger charge is 2.34. The number of hydrogen-bond donors (Lipinski definition) is 0. The summed E-state index contributed by atoms with van der Waals surface area (Å²) in [5, 5.41) is 8.74. The number of halogens is 4. The van der Waals surface area contributed by atoms with Gasteiger partial charge in [0.05, 0.1) is 17.2 Å². The Morgan fingerprint density at radius 3 is 2.32 bits per heavy atom. The monoisotopic (exact) mass is 265 g/mol. The first-order chi connectivity index (χ1) is 8.93. The summed E-state index contributed by atoms with van der Waals surface area (Å²) in [6, 6.07) is 10.0. The third-order valence-electron chi connectivity index (χ3n) is 2.60. The topological polar surface area (TPSA) is 23.8 Å². The van der Waals surface area contributed by atoms with Gasteiger partial charge < -0.3 is 0 Å². The van der Waals surface area contributed by atoms with Crippen LogP contribution in [0.1, 0.15) is 11.1 Å². The molecule has 96 valence electrons. The van der Waals surface area contributed by atoms with Crippen LogP contribution < -0.4 is 0 Å². The lowest BCUT2D eigenvalue weighted by Gasteiger charge is -2.13. The third kappa shape index (κ3) is 2.58. The second kappa shape index (κ2) is 4.73. The lowest BCUT2D eigenvalue weighted by atomic mass is 9.97. The van der Waals surface area contributed by atoms with Crippen LogP contribution in [0.5, 0.6) is 0 Å². The maximum absolute atomic E-state index is 13.7. The Bertz CT molecular complexity index is 653. The number of nitrogens with zero attached hydrogens (tertiary/aromatic N) is 1. The van der Waals surface area contributed by atoms with E-state index in [1.54, 1.807) is 0 Å². The fourth-order valence-corrected chi connectivity index (χ4v) is 1.80. The summed E-state index contributed by atoms with van der Waals surface area (Å²) in [6.07, 6.45) is -4.65. The molecule has 0 spiro atoms. The second-order valence-corrected chi connectivity index (χ2v) is 3.85. The van der Waals surface area contributed by atoms with E-state index in [2.05, 4.69) is 0 Å². The highest BCUT2D eigenvalue weighted by atomic mass is 19.4. The Kier molecular flexibility index (Phi) is 3.26. The van der Waals surface area contributed by atoms with Crippen LogP contribution in [0, 0.1) is 17.1 Å². The van der Waals surface area contributed by atoms with Gasteiger partial charge in [-0.15, -0.1) is 0 Å². The molecule has 0 aliphatic rings. The van der Waals surface area contributed by atoms with Crippen LogP contribution in [0.25, 0.3) is 11.1 Å². The fraction of sp³-hybridized carbons (Fsp3) is 0.0714. The van der Waals surface area contributed by atoms with Crippen LogP contribution >= 0.6 is 0 Å². The van der Waals surface area contributed by atoms with E-state index < -0.39 is 23.1 Å². The van der Waals surface area contributed by atoms with E-state index in [1.165, 1.54) is 24.3 Å². The summed E-state index contributed by atoms with van der Waals surface area (Å²) in [5.41, 5.74) is -1.38. The van der Waals surface area contributed by atoms with Crippen LogP contribution in [0.2, 0.25) is 0 Å². The zero-order valence-electron chi connectivity index (χ0n) is 9.50. The van der Waals surface area contributed by atoms with Crippen molar-refractivity contribution in [3.05, 3.63) is 59.4 Å². The minimum Gasteiger partial charge on any atom is -0.206 e. The molecule has 0 heterocycles. The van der Waals surface area contributed by atoms with Gasteiger partial charge in [0.15, 0.2) is 0 Å². The van der Waals surface area contributed by atoms with Crippen LogP contribution in [0.4, 0.5) is 17.6 Å². The molecule has 0 aliphatic carbocycles. The lowest BCUT2D eigenvalue weighted by molar-refractivity contribution is -0.137. The number of benzene rings is 2. The molecule has 0 aromatic heterocycles. The van der Waals surface area contributed by atoms with Crippen molar-refractivity contribution < 1.29 is 17.6 Å². The molecular weight excluding hydrogens is 258 g/mol. The Hall–Kier alpha value is -2.35. The molecule has 0 saturated carbocycles. The van der Waals surface area contributed by atoms with Gasteiger partial charge in [-0.25, -0.2) is 4.39 Å². The van der Waals surface area contributed by atoms with Gasteiger partial charge >= 0.3 is 6.18 Å². The van der Waals surface area contributed by atoms with Gasteiger partial charge in [0.25, 0.3) is 0 Å². The molecule has 2 rings (SSSR count). The Balaban J connectivity index is 2.71. The molecule has 0 aliphatic heterocycles. The normalized spacial score (nSPS) is 11.1. The third-order valence-corrected chi connectivity index (χ3v) is 2.60. The molecule has 19 heavy (non-hydrogen) atoms. The largest absolute Gasteiger partial charge is 0.417 e. The quantitative estimate of drug-likeness (QED) is 0.702. The first-order valence-corrected chi connectivity index (χ1v) is 5.29. The number of alkyl halides is 3. The van der Waals surface area contributed by atoms with Crippen molar-refractivity contribution in [3.8, 4) is 17.2 Å². The summed E-state index contributed by atoms with van der Waals surface area (Å²) in [5.74, 6) is -0.968. The molecule has 2 aromatic carbocycles. The van der Waals surface area contributed by atoms with Crippen molar-refractivity contribution in [3.63, 3.8) is 0 Å². The van der Waals surface area contributed by atoms with Crippen LogP contribution in [-0.2, 0) is 6.18 Å². The molecule has 0 unspecified atom stereocenters. The van der Waals surface area contributed by atoms with E-state index in [-0.39, 0.29) is 11.1 Å². The van der Waals surface area contributed by atoms with Crippen molar-refractivity contribution in [2.45, 2.75) is 6.18 Å². The first-order valence-electron chi connectivity index (χ1n) is 5.29. The maximum atomic E-state index is 13.7. The highest BCUT2D eigenvalue weighted by molar-refractivity contribution is 5.70. The molecule has 0 fully saturated rings. The molecule has 0 radical (unpaired) electrons. The Morgan fingerprint density at radius 1 is 1.00 bits per heavy atom. The van der Waals surface area contributed by atoms with E-state index in [9.17, 15) is 17.6 Å². The van der Waals surface area contributed by atoms with Crippen molar-refractivity contribution in [2.24, 2.45) is 0 Å². The van der Waals surface area contributed by atoms with E-state index in [4.69, 9.17) is 5.26 Å². The standard InChI is InChI=1S/C14H7F4N/c15-12-6-2-5-11(14(16,17)18)13(12)10-4-1-3-9(7-10)8-19/h1-7H.